The molecule has 0 saturated carbocycles. The van der Waals surface area contributed by atoms with Crippen molar-refractivity contribution < 1.29 is 44.1 Å². The van der Waals surface area contributed by atoms with Gasteiger partial charge in [-0.05, 0) is 97.8 Å². The standard InChI is InChI=1S/2C21H23FN4O4S/c2*1-2-29-18-6-8-19(9-7-18)31(27,28)26-12-10-25(11-13-26)21-23-20(24-30-21)15-16-4-3-5-17(22)14-16/h2*3-9,14H,2,10-13,15H2,1H3. The lowest BCUT2D eigenvalue weighted by molar-refractivity contribution is 0.339. The number of halogens is 2. The SMILES string of the molecule is CCOc1ccc(S(=O)(=O)N2CCN(c3nc(Cc4cccc(F)c4)no3)CC2)cc1.CCOc1ccc(S(=O)(=O)N2CCN(c3nc(Cc4cccc(F)c4)no3)CC2)cc1. The van der Waals surface area contributed by atoms with Crippen molar-refractivity contribution in [1.82, 2.24) is 28.9 Å². The summed E-state index contributed by atoms with van der Waals surface area (Å²) in [4.78, 5) is 12.9. The van der Waals surface area contributed by atoms with Gasteiger partial charge in [0.2, 0.25) is 20.0 Å². The Labute approximate surface area is 358 Å². The fraction of sp³-hybridized carbons (Fsp3) is 0.333. The van der Waals surface area contributed by atoms with Gasteiger partial charge in [-0.2, -0.15) is 18.6 Å². The van der Waals surface area contributed by atoms with Gasteiger partial charge >= 0.3 is 12.0 Å². The molecule has 2 saturated heterocycles. The average Bonchev–Trinajstić information content (AvgIpc) is 3.95. The van der Waals surface area contributed by atoms with Gasteiger partial charge in [-0.3, -0.25) is 0 Å². The fourth-order valence-corrected chi connectivity index (χ4v) is 9.68. The van der Waals surface area contributed by atoms with Crippen LogP contribution >= 0.6 is 0 Å². The zero-order chi connectivity index (χ0) is 43.7. The van der Waals surface area contributed by atoms with Crippen LogP contribution in [0, 0.1) is 11.6 Å². The van der Waals surface area contributed by atoms with Gasteiger partial charge in [0.15, 0.2) is 11.6 Å². The summed E-state index contributed by atoms with van der Waals surface area (Å²) in [5.41, 5.74) is 1.50. The molecule has 0 radical (unpaired) electrons. The molecule has 4 aromatic carbocycles. The van der Waals surface area contributed by atoms with E-state index < -0.39 is 20.0 Å². The van der Waals surface area contributed by atoms with Crippen LogP contribution < -0.4 is 19.3 Å². The van der Waals surface area contributed by atoms with Crippen LogP contribution in [0.15, 0.2) is 116 Å². The molecular formula is C42H46F2N8O8S2. The lowest BCUT2D eigenvalue weighted by atomic mass is 10.1. The van der Waals surface area contributed by atoms with E-state index in [1.54, 1.807) is 72.8 Å². The van der Waals surface area contributed by atoms with Gasteiger partial charge in [-0.1, -0.05) is 34.6 Å². The number of ether oxygens (including phenoxy) is 2. The summed E-state index contributed by atoms with van der Waals surface area (Å²) < 4.78 is 103. The van der Waals surface area contributed by atoms with E-state index in [4.69, 9.17) is 18.5 Å². The Balaban J connectivity index is 0.000000186. The van der Waals surface area contributed by atoms with Crippen LogP contribution in [0.1, 0.15) is 36.6 Å². The molecule has 0 atom stereocenters. The van der Waals surface area contributed by atoms with Crippen molar-refractivity contribution in [2.45, 2.75) is 36.5 Å². The van der Waals surface area contributed by atoms with Crippen LogP contribution in [-0.2, 0) is 32.9 Å². The van der Waals surface area contributed by atoms with Crippen LogP contribution in [0.5, 0.6) is 11.5 Å². The van der Waals surface area contributed by atoms with E-state index in [9.17, 15) is 25.6 Å². The Bertz CT molecular complexity index is 2430. The molecule has 2 fully saturated rings. The molecule has 2 aliphatic heterocycles. The number of hydrogen-bond donors (Lipinski definition) is 0. The maximum absolute atomic E-state index is 13.3. The first-order valence-corrected chi connectivity index (χ1v) is 22.9. The Kier molecular flexibility index (Phi) is 14.1. The lowest BCUT2D eigenvalue weighted by Gasteiger charge is -2.32. The number of nitrogens with zero attached hydrogens (tertiary/aromatic N) is 8. The van der Waals surface area contributed by atoms with Gasteiger partial charge in [0, 0.05) is 65.2 Å². The summed E-state index contributed by atoms with van der Waals surface area (Å²) in [7, 11) is -7.18. The number of piperazine rings is 2. The number of hydrogen-bond acceptors (Lipinski definition) is 14. The van der Waals surface area contributed by atoms with Crippen molar-refractivity contribution in [2.24, 2.45) is 0 Å². The van der Waals surface area contributed by atoms with E-state index >= 15 is 0 Å². The Morgan fingerprint density at radius 1 is 0.548 bits per heavy atom. The number of sulfonamides is 2. The highest BCUT2D eigenvalue weighted by Crippen LogP contribution is 2.25. The van der Waals surface area contributed by atoms with Crippen LogP contribution in [0.2, 0.25) is 0 Å². The second-order valence-electron chi connectivity index (χ2n) is 14.2. The molecule has 328 valence electrons. The first kappa shape index (κ1) is 44.1. The van der Waals surface area contributed by atoms with E-state index in [1.807, 2.05) is 23.6 Å². The van der Waals surface area contributed by atoms with E-state index in [2.05, 4.69) is 20.3 Å². The Morgan fingerprint density at radius 2 is 0.919 bits per heavy atom. The van der Waals surface area contributed by atoms with Crippen molar-refractivity contribution >= 4 is 32.1 Å². The van der Waals surface area contributed by atoms with Crippen molar-refractivity contribution in [3.05, 3.63) is 131 Å². The zero-order valence-corrected chi connectivity index (χ0v) is 35.8. The average molecular weight is 893 g/mol. The first-order chi connectivity index (χ1) is 29.9. The quantitative estimate of drug-likeness (QED) is 0.135. The molecule has 16 nitrogen and oxygen atoms in total. The molecule has 2 aromatic heterocycles. The van der Waals surface area contributed by atoms with E-state index in [0.29, 0.717) is 114 Å². The molecule has 0 bridgehead atoms. The molecule has 4 heterocycles. The molecule has 0 N–H and O–H groups in total. The molecule has 0 aliphatic carbocycles. The summed E-state index contributed by atoms with van der Waals surface area (Å²) >= 11 is 0. The van der Waals surface area contributed by atoms with Crippen molar-refractivity contribution in [2.75, 3.05) is 75.4 Å². The van der Waals surface area contributed by atoms with E-state index in [0.717, 1.165) is 11.1 Å². The minimum absolute atomic E-state index is 0.236. The van der Waals surface area contributed by atoms with E-state index in [1.165, 1.54) is 32.9 Å². The van der Waals surface area contributed by atoms with Gasteiger partial charge < -0.3 is 28.3 Å². The molecule has 0 spiro atoms. The second kappa shape index (κ2) is 19.8. The third-order valence-corrected chi connectivity index (χ3v) is 13.8. The summed E-state index contributed by atoms with van der Waals surface area (Å²) in [6.45, 7) is 7.71. The summed E-state index contributed by atoms with van der Waals surface area (Å²) in [5, 5.41) is 7.92. The number of benzene rings is 4. The molecule has 62 heavy (non-hydrogen) atoms. The fourth-order valence-electron chi connectivity index (χ4n) is 6.84. The highest BCUT2D eigenvalue weighted by molar-refractivity contribution is 7.89. The molecule has 0 unspecified atom stereocenters. The van der Waals surface area contributed by atoms with Crippen LogP contribution in [0.3, 0.4) is 0 Å². The Morgan fingerprint density at radius 3 is 1.26 bits per heavy atom. The van der Waals surface area contributed by atoms with Gasteiger partial charge in [0.05, 0.1) is 23.0 Å². The minimum atomic E-state index is -3.59. The van der Waals surface area contributed by atoms with Crippen LogP contribution in [-0.4, -0.2) is 111 Å². The van der Waals surface area contributed by atoms with Gasteiger partial charge in [-0.15, -0.1) is 0 Å². The normalized spacial score (nSPS) is 15.2. The maximum Gasteiger partial charge on any atom is 0.324 e. The minimum Gasteiger partial charge on any atom is -0.494 e. The van der Waals surface area contributed by atoms with Gasteiger partial charge in [0.25, 0.3) is 0 Å². The van der Waals surface area contributed by atoms with Crippen LogP contribution in [0.4, 0.5) is 20.8 Å². The van der Waals surface area contributed by atoms with Gasteiger partial charge in [0.1, 0.15) is 23.1 Å². The molecule has 2 aliphatic rings. The third-order valence-electron chi connectivity index (χ3n) is 9.98. The van der Waals surface area contributed by atoms with Crippen molar-refractivity contribution in [3.63, 3.8) is 0 Å². The summed E-state index contributed by atoms with van der Waals surface area (Å²) in [6, 6.07) is 26.0. The largest absolute Gasteiger partial charge is 0.494 e. The van der Waals surface area contributed by atoms with Gasteiger partial charge in [-0.25, -0.2) is 25.6 Å². The molecular weight excluding hydrogens is 847 g/mol. The molecule has 20 heteroatoms. The zero-order valence-electron chi connectivity index (χ0n) is 34.1. The third kappa shape index (κ3) is 10.9. The maximum atomic E-state index is 13.3. The Hall–Kier alpha value is -5.96. The van der Waals surface area contributed by atoms with E-state index in [-0.39, 0.29) is 21.4 Å². The highest BCUT2D eigenvalue weighted by atomic mass is 32.2. The number of anilines is 2. The first-order valence-electron chi connectivity index (χ1n) is 20.0. The monoisotopic (exact) mass is 892 g/mol. The smallest absolute Gasteiger partial charge is 0.324 e. The van der Waals surface area contributed by atoms with Crippen molar-refractivity contribution in [3.8, 4) is 11.5 Å². The number of aromatic nitrogens is 4. The van der Waals surface area contributed by atoms with Crippen LogP contribution in [0.25, 0.3) is 0 Å². The second-order valence-corrected chi connectivity index (χ2v) is 18.1. The topological polar surface area (TPSA) is 178 Å². The summed E-state index contributed by atoms with van der Waals surface area (Å²) in [5.74, 6) is 1.54. The predicted molar refractivity (Wildman–Crippen MR) is 224 cm³/mol. The lowest BCUT2D eigenvalue weighted by Crippen LogP contribution is -2.48. The van der Waals surface area contributed by atoms with Crippen molar-refractivity contribution in [1.29, 1.82) is 0 Å². The molecule has 0 amide bonds. The number of rotatable bonds is 14. The molecule has 8 rings (SSSR count). The highest BCUT2D eigenvalue weighted by Gasteiger charge is 2.32. The predicted octanol–water partition coefficient (Wildman–Crippen LogP) is 5.42. The summed E-state index contributed by atoms with van der Waals surface area (Å²) in [6.07, 6.45) is 0.709. The molecule has 6 aromatic rings.